The molecule has 1 aromatic heterocycles. The molecule has 3 fully saturated rings. The minimum atomic E-state index is -0.137. The Morgan fingerprint density at radius 2 is 2.12 bits per heavy atom. The summed E-state index contributed by atoms with van der Waals surface area (Å²) in [5.74, 6) is 2.23. The summed E-state index contributed by atoms with van der Waals surface area (Å²) in [6.45, 7) is 4.66. The van der Waals surface area contributed by atoms with E-state index in [-0.39, 0.29) is 11.9 Å². The number of aromatic nitrogens is 2. The molecule has 1 aromatic rings. The second kappa shape index (κ2) is 6.80. The maximum Gasteiger partial charge on any atom is 0.237 e. The molecule has 0 spiro atoms. The molecule has 0 radical (unpaired) electrons. The van der Waals surface area contributed by atoms with Gasteiger partial charge in [-0.2, -0.15) is 4.98 Å². The highest BCUT2D eigenvalue weighted by Gasteiger charge is 2.31. The van der Waals surface area contributed by atoms with Crippen molar-refractivity contribution in [2.24, 2.45) is 0 Å². The van der Waals surface area contributed by atoms with Gasteiger partial charge in [-0.3, -0.25) is 9.69 Å². The highest BCUT2D eigenvalue weighted by atomic mass is 16.5. The monoisotopic (exact) mass is 333 g/mol. The van der Waals surface area contributed by atoms with Gasteiger partial charge in [0.15, 0.2) is 5.82 Å². The molecule has 24 heavy (non-hydrogen) atoms. The molecule has 2 saturated carbocycles. The van der Waals surface area contributed by atoms with E-state index in [1.807, 2.05) is 6.92 Å². The number of hydrogen-bond acceptors (Lipinski definition) is 6. The van der Waals surface area contributed by atoms with Crippen molar-refractivity contribution in [3.05, 3.63) is 11.7 Å². The lowest BCUT2D eigenvalue weighted by atomic mass is 10.0. The number of likely N-dealkylation sites (tertiary alicyclic amines) is 1. The molecule has 7 heteroatoms. The zero-order chi connectivity index (χ0) is 16.5. The van der Waals surface area contributed by atoms with Crippen LogP contribution in [-0.2, 0) is 11.3 Å². The minimum Gasteiger partial charge on any atom is -0.352 e. The van der Waals surface area contributed by atoms with Crippen molar-refractivity contribution < 1.29 is 9.32 Å². The van der Waals surface area contributed by atoms with Crippen molar-refractivity contribution in [1.29, 1.82) is 0 Å². The van der Waals surface area contributed by atoms with Gasteiger partial charge in [-0.15, -0.1) is 0 Å². The summed E-state index contributed by atoms with van der Waals surface area (Å²) < 4.78 is 5.34. The maximum absolute atomic E-state index is 12.1. The van der Waals surface area contributed by atoms with E-state index >= 15 is 0 Å². The van der Waals surface area contributed by atoms with Gasteiger partial charge in [0.05, 0.1) is 12.6 Å². The fourth-order valence-electron chi connectivity index (χ4n) is 3.35. The van der Waals surface area contributed by atoms with Gasteiger partial charge in [-0.25, -0.2) is 0 Å². The van der Waals surface area contributed by atoms with E-state index in [4.69, 9.17) is 4.52 Å². The average molecular weight is 333 g/mol. The van der Waals surface area contributed by atoms with Crippen LogP contribution in [0, 0.1) is 0 Å². The summed E-state index contributed by atoms with van der Waals surface area (Å²) in [6.07, 6.45) is 6.85. The second-order valence-electron chi connectivity index (χ2n) is 7.57. The largest absolute Gasteiger partial charge is 0.352 e. The minimum absolute atomic E-state index is 0.127. The summed E-state index contributed by atoms with van der Waals surface area (Å²) in [5, 5.41) is 10.7. The molecular formula is C17H27N5O2. The molecule has 0 unspecified atom stereocenters. The number of amides is 1. The predicted molar refractivity (Wildman–Crippen MR) is 88.3 cm³/mol. The zero-order valence-electron chi connectivity index (χ0n) is 14.3. The first-order valence-electron chi connectivity index (χ1n) is 9.28. The Hall–Kier alpha value is -1.47. The molecule has 2 atom stereocenters. The molecule has 3 aliphatic rings. The van der Waals surface area contributed by atoms with Crippen LogP contribution in [0.1, 0.15) is 63.1 Å². The SMILES string of the molecule is C[C@H](N[C@@H]1CCCN(Cc2noc(C3CC3)n2)C1)C(=O)NC1CC1. The number of piperidine rings is 1. The summed E-state index contributed by atoms with van der Waals surface area (Å²) in [5.41, 5.74) is 0. The van der Waals surface area contributed by atoms with Crippen LogP contribution in [0.3, 0.4) is 0 Å². The molecule has 0 bridgehead atoms. The third-order valence-corrected chi connectivity index (χ3v) is 5.08. The summed E-state index contributed by atoms with van der Waals surface area (Å²) in [7, 11) is 0. The van der Waals surface area contributed by atoms with Crippen molar-refractivity contribution in [2.45, 2.75) is 76.0 Å². The number of carbonyl (C=O) groups excluding carboxylic acids is 1. The van der Waals surface area contributed by atoms with Gasteiger partial charge in [0, 0.05) is 24.5 Å². The van der Waals surface area contributed by atoms with Crippen LogP contribution in [0.5, 0.6) is 0 Å². The Balaban J connectivity index is 1.25. The molecular weight excluding hydrogens is 306 g/mol. The van der Waals surface area contributed by atoms with Gasteiger partial charge in [-0.05, 0) is 52.0 Å². The number of nitrogens with one attached hydrogen (secondary N) is 2. The van der Waals surface area contributed by atoms with Crippen LogP contribution < -0.4 is 10.6 Å². The van der Waals surface area contributed by atoms with E-state index in [2.05, 4.69) is 25.7 Å². The van der Waals surface area contributed by atoms with Crippen LogP contribution in [0.25, 0.3) is 0 Å². The Morgan fingerprint density at radius 1 is 1.29 bits per heavy atom. The van der Waals surface area contributed by atoms with Gasteiger partial charge in [0.25, 0.3) is 0 Å². The van der Waals surface area contributed by atoms with Gasteiger partial charge in [0.2, 0.25) is 11.8 Å². The van der Waals surface area contributed by atoms with Crippen molar-refractivity contribution >= 4 is 5.91 Å². The van der Waals surface area contributed by atoms with Crippen molar-refractivity contribution in [3.63, 3.8) is 0 Å². The highest BCUT2D eigenvalue weighted by Crippen LogP contribution is 2.38. The third-order valence-electron chi connectivity index (χ3n) is 5.08. The van der Waals surface area contributed by atoms with E-state index in [1.165, 1.54) is 12.8 Å². The molecule has 0 aromatic carbocycles. The standard InChI is InChI=1S/C17H27N5O2/c1-11(16(23)19-13-6-7-13)18-14-3-2-8-22(9-14)10-15-20-17(24-21-15)12-4-5-12/h11-14,18H,2-10H2,1H3,(H,19,23)/t11-,14+/m0/s1. The lowest BCUT2D eigenvalue weighted by Gasteiger charge is -2.33. The fourth-order valence-corrected chi connectivity index (χ4v) is 3.35. The highest BCUT2D eigenvalue weighted by molar-refractivity contribution is 5.81. The quantitative estimate of drug-likeness (QED) is 0.779. The number of nitrogens with zero attached hydrogens (tertiary/aromatic N) is 3. The van der Waals surface area contributed by atoms with Crippen LogP contribution >= 0.6 is 0 Å². The predicted octanol–water partition coefficient (Wildman–Crippen LogP) is 1.17. The number of hydrogen-bond donors (Lipinski definition) is 2. The van der Waals surface area contributed by atoms with Crippen molar-refractivity contribution in [1.82, 2.24) is 25.7 Å². The lowest BCUT2D eigenvalue weighted by molar-refractivity contribution is -0.123. The van der Waals surface area contributed by atoms with E-state index in [9.17, 15) is 4.79 Å². The maximum atomic E-state index is 12.1. The molecule has 1 saturated heterocycles. The van der Waals surface area contributed by atoms with E-state index in [0.29, 0.717) is 18.0 Å². The van der Waals surface area contributed by atoms with E-state index in [0.717, 1.165) is 57.0 Å². The van der Waals surface area contributed by atoms with Gasteiger partial charge in [-0.1, -0.05) is 5.16 Å². The molecule has 1 aliphatic heterocycles. The molecule has 132 valence electrons. The first-order valence-corrected chi connectivity index (χ1v) is 9.28. The van der Waals surface area contributed by atoms with Gasteiger partial charge in [0.1, 0.15) is 0 Å². The van der Waals surface area contributed by atoms with Crippen LogP contribution in [-0.4, -0.2) is 52.2 Å². The Morgan fingerprint density at radius 3 is 2.88 bits per heavy atom. The summed E-state index contributed by atoms with van der Waals surface area (Å²) in [6, 6.07) is 0.624. The van der Waals surface area contributed by atoms with Crippen LogP contribution in [0.15, 0.2) is 4.52 Å². The Labute approximate surface area is 142 Å². The fraction of sp³-hybridized carbons (Fsp3) is 0.824. The molecule has 4 rings (SSSR count). The zero-order valence-corrected chi connectivity index (χ0v) is 14.3. The van der Waals surface area contributed by atoms with Crippen LogP contribution in [0.4, 0.5) is 0 Å². The normalized spacial score (nSPS) is 26.3. The lowest BCUT2D eigenvalue weighted by Crippen LogP contribution is -2.52. The molecule has 2 aliphatic carbocycles. The number of carbonyl (C=O) groups is 1. The summed E-state index contributed by atoms with van der Waals surface area (Å²) >= 11 is 0. The van der Waals surface area contributed by atoms with E-state index < -0.39 is 0 Å². The number of rotatable bonds is 7. The first kappa shape index (κ1) is 16.0. The third kappa shape index (κ3) is 4.13. The molecule has 7 nitrogen and oxygen atoms in total. The Kier molecular flexibility index (Phi) is 4.54. The van der Waals surface area contributed by atoms with E-state index in [1.54, 1.807) is 0 Å². The Bertz CT molecular complexity index is 581. The molecule has 2 N–H and O–H groups in total. The molecule has 2 heterocycles. The van der Waals surface area contributed by atoms with Gasteiger partial charge < -0.3 is 15.2 Å². The van der Waals surface area contributed by atoms with Crippen molar-refractivity contribution in [3.8, 4) is 0 Å². The van der Waals surface area contributed by atoms with Crippen LogP contribution in [0.2, 0.25) is 0 Å². The topological polar surface area (TPSA) is 83.3 Å². The second-order valence-corrected chi connectivity index (χ2v) is 7.57. The summed E-state index contributed by atoms with van der Waals surface area (Å²) in [4.78, 5) is 19.0. The average Bonchev–Trinajstić information content (AvgIpc) is 3.49. The van der Waals surface area contributed by atoms with Gasteiger partial charge >= 0.3 is 0 Å². The molecule has 1 amide bonds. The smallest absolute Gasteiger partial charge is 0.237 e. The van der Waals surface area contributed by atoms with Crippen molar-refractivity contribution in [2.75, 3.05) is 13.1 Å². The first-order chi connectivity index (χ1) is 11.7.